The number of nitrogens with one attached hydrogen (secondary N) is 1. The quantitative estimate of drug-likeness (QED) is 0.942. The SMILES string of the molecule is Cc1c(C(C)NCc2c(F)cc(C#N)cc2F)cnn1C. The fourth-order valence-electron chi connectivity index (χ4n) is 2.14. The highest BCUT2D eigenvalue weighted by Crippen LogP contribution is 2.19. The first-order valence-corrected chi connectivity index (χ1v) is 6.54. The normalized spacial score (nSPS) is 12.2. The summed E-state index contributed by atoms with van der Waals surface area (Å²) < 4.78 is 29.3. The Labute approximate surface area is 122 Å². The van der Waals surface area contributed by atoms with Crippen molar-refractivity contribution in [3.05, 3.63) is 52.3 Å². The molecule has 0 aliphatic carbocycles. The van der Waals surface area contributed by atoms with Gasteiger partial charge in [-0.1, -0.05) is 0 Å². The fourth-order valence-corrected chi connectivity index (χ4v) is 2.14. The van der Waals surface area contributed by atoms with Crippen molar-refractivity contribution < 1.29 is 8.78 Å². The minimum absolute atomic E-state index is 0.0232. The van der Waals surface area contributed by atoms with Gasteiger partial charge in [0.2, 0.25) is 0 Å². The third-order valence-corrected chi connectivity index (χ3v) is 3.59. The minimum Gasteiger partial charge on any atom is -0.306 e. The summed E-state index contributed by atoms with van der Waals surface area (Å²) >= 11 is 0. The van der Waals surface area contributed by atoms with Crippen molar-refractivity contribution in [2.24, 2.45) is 7.05 Å². The van der Waals surface area contributed by atoms with Crippen LogP contribution in [-0.4, -0.2) is 9.78 Å². The van der Waals surface area contributed by atoms with Crippen LogP contribution in [0, 0.1) is 29.9 Å². The number of benzene rings is 1. The third-order valence-electron chi connectivity index (χ3n) is 3.59. The van der Waals surface area contributed by atoms with Crippen molar-refractivity contribution >= 4 is 0 Å². The van der Waals surface area contributed by atoms with Gasteiger partial charge in [-0.3, -0.25) is 4.68 Å². The van der Waals surface area contributed by atoms with Crippen molar-refractivity contribution in [2.45, 2.75) is 26.4 Å². The van der Waals surface area contributed by atoms with Gasteiger partial charge in [-0.15, -0.1) is 0 Å². The maximum atomic E-state index is 13.8. The predicted octanol–water partition coefficient (Wildman–Crippen LogP) is 2.73. The Morgan fingerprint density at radius 3 is 2.48 bits per heavy atom. The van der Waals surface area contributed by atoms with Crippen LogP contribution in [-0.2, 0) is 13.6 Å². The van der Waals surface area contributed by atoms with E-state index in [0.717, 1.165) is 23.4 Å². The molecule has 4 nitrogen and oxygen atoms in total. The molecule has 6 heteroatoms. The molecule has 1 aromatic carbocycles. The van der Waals surface area contributed by atoms with E-state index in [0.29, 0.717) is 0 Å². The molecule has 1 aromatic heterocycles. The van der Waals surface area contributed by atoms with E-state index in [-0.39, 0.29) is 23.7 Å². The Bertz CT molecular complexity index is 677. The fraction of sp³-hybridized carbons (Fsp3) is 0.333. The summed E-state index contributed by atoms with van der Waals surface area (Å²) in [5.41, 5.74) is 1.88. The monoisotopic (exact) mass is 290 g/mol. The predicted molar refractivity (Wildman–Crippen MR) is 74.3 cm³/mol. The second-order valence-electron chi connectivity index (χ2n) is 4.94. The minimum atomic E-state index is -0.714. The smallest absolute Gasteiger partial charge is 0.131 e. The average molecular weight is 290 g/mol. The van der Waals surface area contributed by atoms with Crippen molar-refractivity contribution in [1.82, 2.24) is 15.1 Å². The van der Waals surface area contributed by atoms with Crippen LogP contribution in [0.25, 0.3) is 0 Å². The number of hydrogen-bond donors (Lipinski definition) is 1. The first-order valence-electron chi connectivity index (χ1n) is 6.54. The van der Waals surface area contributed by atoms with Gasteiger partial charge >= 0.3 is 0 Å². The van der Waals surface area contributed by atoms with Gasteiger partial charge in [0.25, 0.3) is 0 Å². The first kappa shape index (κ1) is 15.1. The van der Waals surface area contributed by atoms with Crippen LogP contribution >= 0.6 is 0 Å². The van der Waals surface area contributed by atoms with E-state index in [4.69, 9.17) is 5.26 Å². The summed E-state index contributed by atoms with van der Waals surface area (Å²) in [6.07, 6.45) is 1.73. The molecule has 0 fully saturated rings. The number of nitrogens with zero attached hydrogens (tertiary/aromatic N) is 3. The Hall–Kier alpha value is -2.26. The van der Waals surface area contributed by atoms with Gasteiger partial charge in [0, 0.05) is 36.5 Å². The molecule has 1 unspecified atom stereocenters. The molecule has 110 valence electrons. The Kier molecular flexibility index (Phi) is 4.34. The van der Waals surface area contributed by atoms with E-state index in [2.05, 4.69) is 10.4 Å². The van der Waals surface area contributed by atoms with Crippen molar-refractivity contribution in [2.75, 3.05) is 0 Å². The molecular weight excluding hydrogens is 274 g/mol. The molecule has 1 N–H and O–H groups in total. The second kappa shape index (κ2) is 6.02. The van der Waals surface area contributed by atoms with Gasteiger partial charge in [0.15, 0.2) is 0 Å². The molecule has 21 heavy (non-hydrogen) atoms. The summed E-state index contributed by atoms with van der Waals surface area (Å²) in [4.78, 5) is 0. The molecule has 2 rings (SSSR count). The van der Waals surface area contributed by atoms with E-state index in [1.165, 1.54) is 0 Å². The summed E-state index contributed by atoms with van der Waals surface area (Å²) in [5, 5.41) is 15.9. The maximum absolute atomic E-state index is 13.8. The lowest BCUT2D eigenvalue weighted by atomic mass is 10.1. The number of aromatic nitrogens is 2. The standard InChI is InChI=1S/C15H16F2N4/c1-9(12-8-20-21(3)10(12)2)19-7-13-14(16)4-11(6-18)5-15(13)17/h4-5,8-9,19H,7H2,1-3H3. The number of halogens is 2. The highest BCUT2D eigenvalue weighted by molar-refractivity contribution is 5.34. The molecule has 0 aliphatic heterocycles. The molecule has 1 atom stereocenters. The number of aryl methyl sites for hydroxylation is 1. The van der Waals surface area contributed by atoms with Crippen LogP contribution in [0.1, 0.15) is 35.3 Å². The van der Waals surface area contributed by atoms with Crippen LogP contribution in [0.15, 0.2) is 18.3 Å². The zero-order valence-electron chi connectivity index (χ0n) is 12.1. The number of hydrogen-bond acceptors (Lipinski definition) is 3. The molecule has 0 aliphatic rings. The highest BCUT2D eigenvalue weighted by atomic mass is 19.1. The lowest BCUT2D eigenvalue weighted by molar-refractivity contribution is 0.507. The molecule has 1 heterocycles. The number of rotatable bonds is 4. The zero-order chi connectivity index (χ0) is 15.6. The van der Waals surface area contributed by atoms with E-state index < -0.39 is 11.6 Å². The van der Waals surface area contributed by atoms with E-state index >= 15 is 0 Å². The van der Waals surface area contributed by atoms with Gasteiger partial charge in [0.1, 0.15) is 11.6 Å². The number of nitriles is 1. The molecule has 2 aromatic rings. The van der Waals surface area contributed by atoms with Gasteiger partial charge in [-0.2, -0.15) is 10.4 Å². The van der Waals surface area contributed by atoms with Crippen LogP contribution in [0.3, 0.4) is 0 Å². The topological polar surface area (TPSA) is 53.6 Å². The molecule has 0 spiro atoms. The van der Waals surface area contributed by atoms with Crippen LogP contribution < -0.4 is 5.32 Å². The van der Waals surface area contributed by atoms with E-state index in [1.54, 1.807) is 16.9 Å². The molecule has 0 bridgehead atoms. The second-order valence-corrected chi connectivity index (χ2v) is 4.94. The van der Waals surface area contributed by atoms with Gasteiger partial charge in [-0.05, 0) is 26.0 Å². The van der Waals surface area contributed by atoms with Crippen LogP contribution in [0.2, 0.25) is 0 Å². The lowest BCUT2D eigenvalue weighted by Gasteiger charge is -2.14. The largest absolute Gasteiger partial charge is 0.306 e. The van der Waals surface area contributed by atoms with Crippen LogP contribution in [0.5, 0.6) is 0 Å². The Morgan fingerprint density at radius 1 is 1.38 bits per heavy atom. The molecular formula is C15H16F2N4. The van der Waals surface area contributed by atoms with Gasteiger partial charge < -0.3 is 5.32 Å². The Morgan fingerprint density at radius 2 is 2.00 bits per heavy atom. The van der Waals surface area contributed by atoms with E-state index in [1.807, 2.05) is 20.9 Å². The summed E-state index contributed by atoms with van der Waals surface area (Å²) in [6, 6.07) is 3.72. The van der Waals surface area contributed by atoms with Crippen molar-refractivity contribution in [3.63, 3.8) is 0 Å². The summed E-state index contributed by atoms with van der Waals surface area (Å²) in [5.74, 6) is -1.43. The van der Waals surface area contributed by atoms with Crippen molar-refractivity contribution in [1.29, 1.82) is 5.26 Å². The van der Waals surface area contributed by atoms with E-state index in [9.17, 15) is 8.78 Å². The lowest BCUT2D eigenvalue weighted by Crippen LogP contribution is -2.20. The van der Waals surface area contributed by atoms with Crippen LogP contribution in [0.4, 0.5) is 8.78 Å². The summed E-state index contributed by atoms with van der Waals surface area (Å²) in [6.45, 7) is 3.88. The molecule has 0 amide bonds. The zero-order valence-corrected chi connectivity index (χ0v) is 12.1. The maximum Gasteiger partial charge on any atom is 0.131 e. The molecule has 0 radical (unpaired) electrons. The highest BCUT2D eigenvalue weighted by Gasteiger charge is 2.15. The van der Waals surface area contributed by atoms with Gasteiger partial charge in [0.05, 0.1) is 17.8 Å². The molecule has 0 saturated heterocycles. The first-order chi connectivity index (χ1) is 9.93. The third kappa shape index (κ3) is 3.09. The van der Waals surface area contributed by atoms with Gasteiger partial charge in [-0.25, -0.2) is 8.78 Å². The Balaban J connectivity index is 2.14. The molecule has 0 saturated carbocycles. The summed E-state index contributed by atoms with van der Waals surface area (Å²) in [7, 11) is 1.84. The van der Waals surface area contributed by atoms with Crippen molar-refractivity contribution in [3.8, 4) is 6.07 Å². The average Bonchev–Trinajstić information content (AvgIpc) is 2.77.